The number of nitrogens with two attached hydrogens (primary N) is 1. The maximum absolute atomic E-state index is 6.02. The number of benzene rings is 1. The molecular formula is C18H11N3S. The van der Waals surface area contributed by atoms with Crippen LogP contribution in [0.2, 0.25) is 0 Å². The van der Waals surface area contributed by atoms with Crippen LogP contribution in [0.15, 0.2) is 53.4 Å². The van der Waals surface area contributed by atoms with Crippen molar-refractivity contribution >= 4 is 39.0 Å². The summed E-state index contributed by atoms with van der Waals surface area (Å²) >= 11 is 1.64. The summed E-state index contributed by atoms with van der Waals surface area (Å²) in [4.78, 5) is 8.84. The Kier molecular flexibility index (Phi) is 2.99. The zero-order chi connectivity index (χ0) is 14.9. The molecule has 0 unspecified atom stereocenters. The van der Waals surface area contributed by atoms with Crippen molar-refractivity contribution in [3.8, 4) is 11.8 Å². The van der Waals surface area contributed by atoms with E-state index < -0.39 is 0 Å². The number of anilines is 1. The van der Waals surface area contributed by atoms with Crippen molar-refractivity contribution in [2.45, 2.75) is 0 Å². The summed E-state index contributed by atoms with van der Waals surface area (Å²) < 4.78 is 0. The Bertz CT molecular complexity index is 1040. The van der Waals surface area contributed by atoms with Crippen molar-refractivity contribution in [2.75, 3.05) is 5.73 Å². The molecule has 0 spiro atoms. The van der Waals surface area contributed by atoms with Crippen molar-refractivity contribution in [2.24, 2.45) is 0 Å². The molecule has 0 saturated carbocycles. The number of rotatable bonds is 0. The molecule has 3 nitrogen and oxygen atoms in total. The minimum atomic E-state index is 0.450. The standard InChI is InChI=1S/C18H11N3S/c19-18-17-15(14-3-1-2-4-16(14)21-18)9-13(10-20-17)6-5-12-7-8-22-11-12/h1-4,7-11H,(H2,19,21). The van der Waals surface area contributed by atoms with Crippen LogP contribution in [0.4, 0.5) is 5.82 Å². The Hall–Kier alpha value is -2.90. The minimum absolute atomic E-state index is 0.450. The second-order valence-electron chi connectivity index (χ2n) is 4.90. The normalized spacial score (nSPS) is 10.5. The van der Waals surface area contributed by atoms with Gasteiger partial charge in [0, 0.05) is 33.5 Å². The van der Waals surface area contributed by atoms with Crippen LogP contribution in [0.5, 0.6) is 0 Å². The monoisotopic (exact) mass is 301 g/mol. The summed E-state index contributed by atoms with van der Waals surface area (Å²) in [5.41, 5.74) is 9.50. The lowest BCUT2D eigenvalue weighted by Crippen LogP contribution is -1.95. The van der Waals surface area contributed by atoms with Crippen LogP contribution in [0.1, 0.15) is 11.1 Å². The van der Waals surface area contributed by atoms with Gasteiger partial charge in [-0.3, -0.25) is 4.98 Å². The number of nitrogens with zero attached hydrogens (tertiary/aromatic N) is 2. The van der Waals surface area contributed by atoms with Crippen molar-refractivity contribution in [3.05, 3.63) is 64.5 Å². The third-order valence-corrected chi connectivity index (χ3v) is 4.12. The molecular weight excluding hydrogens is 290 g/mol. The molecule has 4 rings (SSSR count). The molecule has 0 aliphatic heterocycles. The average Bonchev–Trinajstić information content (AvgIpc) is 3.06. The van der Waals surface area contributed by atoms with Gasteiger partial charge in [-0.25, -0.2) is 4.98 Å². The predicted octanol–water partition coefficient (Wildman–Crippen LogP) is 3.83. The van der Waals surface area contributed by atoms with Crippen LogP contribution >= 0.6 is 11.3 Å². The van der Waals surface area contributed by atoms with Crippen molar-refractivity contribution in [1.29, 1.82) is 0 Å². The Balaban J connectivity index is 1.94. The molecule has 0 saturated heterocycles. The summed E-state index contributed by atoms with van der Waals surface area (Å²) in [6.45, 7) is 0. The summed E-state index contributed by atoms with van der Waals surface area (Å²) in [7, 11) is 0. The quantitative estimate of drug-likeness (QED) is 0.397. The molecule has 3 aromatic heterocycles. The number of hydrogen-bond acceptors (Lipinski definition) is 4. The predicted molar refractivity (Wildman–Crippen MR) is 91.8 cm³/mol. The first-order valence-electron chi connectivity index (χ1n) is 6.79. The summed E-state index contributed by atoms with van der Waals surface area (Å²) in [5, 5.41) is 6.07. The average molecular weight is 301 g/mol. The van der Waals surface area contributed by atoms with Crippen LogP contribution in [-0.2, 0) is 0 Å². The van der Waals surface area contributed by atoms with E-state index in [0.717, 1.165) is 32.9 Å². The highest BCUT2D eigenvalue weighted by atomic mass is 32.1. The third-order valence-electron chi connectivity index (χ3n) is 3.44. The van der Waals surface area contributed by atoms with E-state index in [4.69, 9.17) is 5.73 Å². The first kappa shape index (κ1) is 12.8. The number of aromatic nitrogens is 2. The third kappa shape index (κ3) is 2.18. The maximum Gasteiger partial charge on any atom is 0.150 e. The van der Waals surface area contributed by atoms with E-state index in [-0.39, 0.29) is 0 Å². The molecule has 22 heavy (non-hydrogen) atoms. The lowest BCUT2D eigenvalue weighted by atomic mass is 10.1. The van der Waals surface area contributed by atoms with E-state index in [0.29, 0.717) is 5.82 Å². The SMILES string of the molecule is Nc1nc2ccccc2c2cc(C#Cc3ccsc3)cnc12. The van der Waals surface area contributed by atoms with Gasteiger partial charge in [0.2, 0.25) is 0 Å². The molecule has 0 aliphatic rings. The zero-order valence-electron chi connectivity index (χ0n) is 11.6. The Morgan fingerprint density at radius 3 is 2.73 bits per heavy atom. The fraction of sp³-hybridized carbons (Fsp3) is 0. The van der Waals surface area contributed by atoms with E-state index in [1.165, 1.54) is 0 Å². The van der Waals surface area contributed by atoms with E-state index in [2.05, 4.69) is 21.8 Å². The van der Waals surface area contributed by atoms with Crippen LogP contribution in [0.3, 0.4) is 0 Å². The maximum atomic E-state index is 6.02. The smallest absolute Gasteiger partial charge is 0.150 e. The fourth-order valence-electron chi connectivity index (χ4n) is 2.40. The molecule has 0 radical (unpaired) electrons. The summed E-state index contributed by atoms with van der Waals surface area (Å²) in [6, 6.07) is 12.0. The number of fused-ring (bicyclic) bond motifs is 3. The molecule has 0 amide bonds. The summed E-state index contributed by atoms with van der Waals surface area (Å²) in [5.74, 6) is 6.75. The molecule has 0 fully saturated rings. The second-order valence-corrected chi connectivity index (χ2v) is 5.68. The molecule has 4 heteroatoms. The Morgan fingerprint density at radius 1 is 1.00 bits per heavy atom. The van der Waals surface area contributed by atoms with Gasteiger partial charge in [-0.05, 0) is 23.6 Å². The molecule has 3 heterocycles. The van der Waals surface area contributed by atoms with Gasteiger partial charge >= 0.3 is 0 Å². The van der Waals surface area contributed by atoms with Gasteiger partial charge in [0.1, 0.15) is 5.52 Å². The molecule has 104 valence electrons. The van der Waals surface area contributed by atoms with E-state index in [9.17, 15) is 0 Å². The zero-order valence-corrected chi connectivity index (χ0v) is 12.4. The van der Waals surface area contributed by atoms with Crippen LogP contribution in [-0.4, -0.2) is 9.97 Å². The van der Waals surface area contributed by atoms with Gasteiger partial charge in [-0.2, -0.15) is 11.3 Å². The number of para-hydroxylation sites is 1. The Morgan fingerprint density at radius 2 is 1.86 bits per heavy atom. The van der Waals surface area contributed by atoms with Gasteiger partial charge in [0.15, 0.2) is 5.82 Å². The summed E-state index contributed by atoms with van der Waals surface area (Å²) in [6.07, 6.45) is 1.74. The van der Waals surface area contributed by atoms with Gasteiger partial charge in [0.05, 0.1) is 5.52 Å². The van der Waals surface area contributed by atoms with Crippen molar-refractivity contribution in [1.82, 2.24) is 9.97 Å². The van der Waals surface area contributed by atoms with Crippen LogP contribution < -0.4 is 5.73 Å². The lowest BCUT2D eigenvalue weighted by molar-refractivity contribution is 1.35. The van der Waals surface area contributed by atoms with E-state index in [1.54, 1.807) is 17.5 Å². The number of pyridine rings is 2. The second kappa shape index (κ2) is 5.14. The molecule has 0 atom stereocenters. The molecule has 0 bridgehead atoms. The topological polar surface area (TPSA) is 51.8 Å². The molecule has 1 aromatic carbocycles. The molecule has 0 aliphatic carbocycles. The Labute approximate surface area is 131 Å². The number of nitrogen functional groups attached to an aromatic ring is 1. The number of hydrogen-bond donors (Lipinski definition) is 1. The number of thiophene rings is 1. The minimum Gasteiger partial charge on any atom is -0.382 e. The van der Waals surface area contributed by atoms with Gasteiger partial charge in [-0.15, -0.1) is 0 Å². The van der Waals surface area contributed by atoms with E-state index in [1.807, 2.05) is 47.2 Å². The van der Waals surface area contributed by atoms with Gasteiger partial charge in [0.25, 0.3) is 0 Å². The first-order chi connectivity index (χ1) is 10.8. The fourth-order valence-corrected chi connectivity index (χ4v) is 2.99. The van der Waals surface area contributed by atoms with E-state index >= 15 is 0 Å². The highest BCUT2D eigenvalue weighted by molar-refractivity contribution is 7.08. The van der Waals surface area contributed by atoms with Crippen LogP contribution in [0.25, 0.3) is 21.8 Å². The van der Waals surface area contributed by atoms with Crippen molar-refractivity contribution in [3.63, 3.8) is 0 Å². The molecule has 4 aromatic rings. The molecule has 2 N–H and O–H groups in total. The van der Waals surface area contributed by atoms with Crippen LogP contribution in [0, 0.1) is 11.8 Å². The highest BCUT2D eigenvalue weighted by Crippen LogP contribution is 2.26. The first-order valence-corrected chi connectivity index (χ1v) is 7.74. The largest absolute Gasteiger partial charge is 0.382 e. The highest BCUT2D eigenvalue weighted by Gasteiger charge is 2.07. The van der Waals surface area contributed by atoms with Gasteiger partial charge < -0.3 is 5.73 Å². The van der Waals surface area contributed by atoms with Crippen molar-refractivity contribution < 1.29 is 0 Å². The van der Waals surface area contributed by atoms with Gasteiger partial charge in [-0.1, -0.05) is 30.0 Å². The lowest BCUT2D eigenvalue weighted by Gasteiger charge is -2.05.